The minimum atomic E-state index is -3.29. The van der Waals surface area contributed by atoms with Crippen LogP contribution in [0.2, 0.25) is 0 Å². The third-order valence-corrected chi connectivity index (χ3v) is 5.23. The molecule has 3 aromatic rings. The lowest BCUT2D eigenvalue weighted by atomic mass is 10.1. The Labute approximate surface area is 136 Å². The molecule has 0 aliphatic carbocycles. The highest BCUT2D eigenvalue weighted by molar-refractivity contribution is 7.90. The summed E-state index contributed by atoms with van der Waals surface area (Å²) < 4.78 is 40.2. The first-order valence-corrected chi connectivity index (χ1v) is 9.19. The van der Waals surface area contributed by atoms with Crippen molar-refractivity contribution in [2.24, 2.45) is 0 Å². The minimum absolute atomic E-state index is 0.188. The summed E-state index contributed by atoms with van der Waals surface area (Å²) in [6, 6.07) is 11.8. The Hall–Kier alpha value is -2.32. The fraction of sp³-hybridized carbons (Fsp3) is 0.0667. The van der Waals surface area contributed by atoms with Crippen LogP contribution < -0.4 is 4.85 Å². The zero-order chi connectivity index (χ0) is 16.6. The van der Waals surface area contributed by atoms with Gasteiger partial charge in [0.15, 0.2) is 9.84 Å². The van der Waals surface area contributed by atoms with Crippen LogP contribution in [-0.2, 0) is 9.84 Å². The van der Waals surface area contributed by atoms with Crippen molar-refractivity contribution in [3.05, 3.63) is 59.6 Å². The normalized spacial score (nSPS) is 11.6. The van der Waals surface area contributed by atoms with Gasteiger partial charge in [-0.15, -0.1) is 0 Å². The Kier molecular flexibility index (Phi) is 3.87. The molecule has 0 spiro atoms. The fourth-order valence-corrected chi connectivity index (χ4v) is 3.56. The summed E-state index contributed by atoms with van der Waals surface area (Å²) in [4.78, 5) is 1.18. The van der Waals surface area contributed by atoms with Crippen molar-refractivity contribution in [2.75, 3.05) is 6.26 Å². The zero-order valence-corrected chi connectivity index (χ0v) is 13.6. The predicted octanol–water partition coefficient (Wildman–Crippen LogP) is 2.65. The Balaban J connectivity index is 2.12. The van der Waals surface area contributed by atoms with Gasteiger partial charge < -0.3 is 5.21 Å². The van der Waals surface area contributed by atoms with Gasteiger partial charge in [0.25, 0.3) is 5.69 Å². The lowest BCUT2D eigenvalue weighted by Crippen LogP contribution is -2.29. The fourth-order valence-electron chi connectivity index (χ4n) is 2.17. The molecule has 0 aliphatic heterocycles. The van der Waals surface area contributed by atoms with Gasteiger partial charge >= 0.3 is 0 Å². The van der Waals surface area contributed by atoms with E-state index in [4.69, 9.17) is 0 Å². The summed E-state index contributed by atoms with van der Waals surface area (Å²) >= 11 is 0.972. The number of benzene rings is 2. The maximum absolute atomic E-state index is 13.4. The van der Waals surface area contributed by atoms with Crippen LogP contribution in [-0.4, -0.2) is 19.2 Å². The molecule has 0 saturated heterocycles. The average molecular weight is 350 g/mol. The van der Waals surface area contributed by atoms with Crippen molar-refractivity contribution >= 4 is 21.4 Å². The Morgan fingerprint density at radius 3 is 2.43 bits per heavy atom. The minimum Gasteiger partial charge on any atom is -0.593 e. The van der Waals surface area contributed by atoms with E-state index in [1.165, 1.54) is 30.3 Å². The summed E-state index contributed by atoms with van der Waals surface area (Å²) in [5, 5.41) is 11.9. The van der Waals surface area contributed by atoms with Crippen LogP contribution in [0.4, 0.5) is 4.39 Å². The van der Waals surface area contributed by atoms with Gasteiger partial charge in [-0.25, -0.2) is 12.8 Å². The van der Waals surface area contributed by atoms with Crippen molar-refractivity contribution in [3.63, 3.8) is 0 Å². The van der Waals surface area contributed by atoms with Crippen molar-refractivity contribution in [2.45, 2.75) is 4.90 Å². The first kappa shape index (κ1) is 15.6. The SMILES string of the molecule is CS(=O)(=O)c1ccc(-c2sn[n+]([O-])c2-c2cccc(F)c2)cc1. The molecule has 1 aromatic heterocycles. The third-order valence-electron chi connectivity index (χ3n) is 3.26. The third kappa shape index (κ3) is 3.08. The second kappa shape index (κ2) is 5.71. The number of hydrogen-bond acceptors (Lipinski definition) is 5. The van der Waals surface area contributed by atoms with Crippen molar-refractivity contribution in [1.29, 1.82) is 0 Å². The van der Waals surface area contributed by atoms with Gasteiger partial charge in [0.2, 0.25) is 0 Å². The molecule has 0 N–H and O–H groups in total. The molecule has 2 aromatic carbocycles. The largest absolute Gasteiger partial charge is 0.593 e. The molecule has 3 rings (SSSR count). The van der Waals surface area contributed by atoms with Crippen LogP contribution in [0.25, 0.3) is 21.7 Å². The molecular weight excluding hydrogens is 339 g/mol. The number of nitrogens with zero attached hydrogens (tertiary/aromatic N) is 2. The molecule has 23 heavy (non-hydrogen) atoms. The molecule has 118 valence electrons. The lowest BCUT2D eigenvalue weighted by Gasteiger charge is -2.02. The van der Waals surface area contributed by atoms with Crippen molar-refractivity contribution < 1.29 is 17.7 Å². The molecule has 0 unspecified atom stereocenters. The molecular formula is C15H11FN2O3S2. The monoisotopic (exact) mass is 350 g/mol. The highest BCUT2D eigenvalue weighted by Gasteiger charge is 2.22. The zero-order valence-electron chi connectivity index (χ0n) is 11.9. The van der Waals surface area contributed by atoms with Gasteiger partial charge in [0, 0.05) is 23.4 Å². The van der Waals surface area contributed by atoms with Gasteiger partial charge in [-0.3, -0.25) is 0 Å². The lowest BCUT2D eigenvalue weighted by molar-refractivity contribution is -0.649. The van der Waals surface area contributed by atoms with E-state index < -0.39 is 15.7 Å². The standard InChI is InChI=1S/C15H11FN2O3S2/c1-23(20,21)13-7-5-10(6-8-13)15-14(18(19)17-22-15)11-3-2-4-12(16)9-11/h2-9H,1H3. The number of halogens is 1. The molecule has 1 heterocycles. The Morgan fingerprint density at radius 2 is 1.83 bits per heavy atom. The van der Waals surface area contributed by atoms with E-state index in [2.05, 4.69) is 4.49 Å². The number of aromatic nitrogens is 2. The summed E-state index contributed by atoms with van der Waals surface area (Å²) in [6.45, 7) is 0. The van der Waals surface area contributed by atoms with Gasteiger partial charge in [-0.05, 0) is 35.2 Å². The van der Waals surface area contributed by atoms with Crippen LogP contribution in [0, 0.1) is 11.0 Å². The molecule has 0 fully saturated rings. The quantitative estimate of drug-likeness (QED) is 0.538. The molecule has 0 bridgehead atoms. The van der Waals surface area contributed by atoms with E-state index in [1.54, 1.807) is 18.2 Å². The van der Waals surface area contributed by atoms with Crippen LogP contribution in [0.5, 0.6) is 0 Å². The summed E-state index contributed by atoms with van der Waals surface area (Å²) in [7, 11) is -3.29. The number of rotatable bonds is 3. The van der Waals surface area contributed by atoms with E-state index in [0.29, 0.717) is 20.8 Å². The highest BCUT2D eigenvalue weighted by Crippen LogP contribution is 2.32. The van der Waals surface area contributed by atoms with E-state index in [1.807, 2.05) is 0 Å². The summed E-state index contributed by atoms with van der Waals surface area (Å²) in [6.07, 6.45) is 1.12. The first-order chi connectivity index (χ1) is 10.9. The molecule has 0 atom stereocenters. The van der Waals surface area contributed by atoms with Gasteiger partial charge in [0.1, 0.15) is 10.7 Å². The smallest absolute Gasteiger partial charge is 0.272 e. The van der Waals surface area contributed by atoms with Crippen LogP contribution in [0.1, 0.15) is 0 Å². The molecule has 5 nitrogen and oxygen atoms in total. The maximum atomic E-state index is 13.4. The van der Waals surface area contributed by atoms with Gasteiger partial charge in [-0.2, -0.15) is 0 Å². The molecule has 0 aliphatic rings. The molecule has 0 amide bonds. The van der Waals surface area contributed by atoms with Crippen LogP contribution in [0.3, 0.4) is 0 Å². The van der Waals surface area contributed by atoms with Crippen molar-refractivity contribution in [3.8, 4) is 21.7 Å². The summed E-state index contributed by atoms with van der Waals surface area (Å²) in [5.74, 6) is -0.452. The van der Waals surface area contributed by atoms with E-state index in [0.717, 1.165) is 17.8 Å². The molecule has 8 heteroatoms. The van der Waals surface area contributed by atoms with Gasteiger partial charge in [-0.1, -0.05) is 18.2 Å². The first-order valence-electron chi connectivity index (χ1n) is 6.52. The number of sulfone groups is 1. The van der Waals surface area contributed by atoms with Crippen molar-refractivity contribution in [1.82, 2.24) is 4.49 Å². The summed E-state index contributed by atoms with van der Waals surface area (Å²) in [5.41, 5.74) is 1.29. The Bertz CT molecular complexity index is 967. The topological polar surface area (TPSA) is 74.0 Å². The van der Waals surface area contributed by atoms with E-state index >= 15 is 0 Å². The second-order valence-corrected chi connectivity index (χ2v) is 7.70. The van der Waals surface area contributed by atoms with E-state index in [9.17, 15) is 18.0 Å². The van der Waals surface area contributed by atoms with Crippen LogP contribution >= 0.6 is 11.5 Å². The van der Waals surface area contributed by atoms with Gasteiger partial charge in [0.05, 0.1) is 14.9 Å². The molecule has 0 saturated carbocycles. The van der Waals surface area contributed by atoms with E-state index in [-0.39, 0.29) is 10.6 Å². The Morgan fingerprint density at radius 1 is 1.13 bits per heavy atom. The maximum Gasteiger partial charge on any atom is 0.272 e. The predicted molar refractivity (Wildman–Crippen MR) is 85.0 cm³/mol. The molecule has 0 radical (unpaired) electrons. The van der Waals surface area contributed by atoms with Crippen LogP contribution in [0.15, 0.2) is 53.4 Å². The highest BCUT2D eigenvalue weighted by atomic mass is 32.2. The second-order valence-electron chi connectivity index (χ2n) is 4.93. The number of hydrogen-bond donors (Lipinski definition) is 0. The average Bonchev–Trinajstić information content (AvgIpc) is 2.88.